The van der Waals surface area contributed by atoms with E-state index < -0.39 is 36.2 Å². The molecule has 0 saturated carbocycles. The third-order valence-corrected chi connectivity index (χ3v) is 1.60. The first kappa shape index (κ1) is 11.4. The van der Waals surface area contributed by atoms with Crippen molar-refractivity contribution in [3.63, 3.8) is 0 Å². The Bertz CT molecular complexity index is 184. The summed E-state index contributed by atoms with van der Waals surface area (Å²) in [4.78, 5) is 0. The topological polar surface area (TPSA) is 136 Å². The maximum atomic E-state index is 8.94. The molecule has 2 heterocycles. The van der Waals surface area contributed by atoms with Gasteiger partial charge >= 0.3 is 36.2 Å². The minimum atomic E-state index is -3.21. The normalized spacial score (nSPS) is 26.4. The fraction of sp³-hybridized carbons (Fsp3) is 0. The largest absolute Gasteiger partial charge is 0.582 e. The highest BCUT2D eigenvalue weighted by Crippen LogP contribution is 2.23. The van der Waals surface area contributed by atoms with Crippen LogP contribution >= 0.6 is 0 Å². The van der Waals surface area contributed by atoms with Crippen LogP contribution in [0.4, 0.5) is 0 Å². The highest BCUT2D eigenvalue weighted by atomic mass is 17.0. The monoisotopic (exact) mass is 219 g/mol. The Balaban J connectivity index is 2.10. The Hall–Kier alpha value is -0.0753. The first-order chi connectivity index (χ1) is 6.99. The number of rotatable bonds is 0. The fourth-order valence-electron chi connectivity index (χ4n) is 1.09. The van der Waals surface area contributed by atoms with Gasteiger partial charge < -0.3 is 47.5 Å². The van der Waals surface area contributed by atoms with Crippen molar-refractivity contribution >= 4 is 36.2 Å². The molecule has 2 saturated heterocycles. The summed E-state index contributed by atoms with van der Waals surface area (Å²) in [5, 5.41) is 35.7. The fourth-order valence-corrected chi connectivity index (χ4v) is 1.09. The van der Waals surface area contributed by atoms with E-state index in [0.717, 1.165) is 0 Å². The Morgan fingerprint density at radius 1 is 0.600 bits per heavy atom. The lowest BCUT2D eigenvalue weighted by molar-refractivity contribution is 0.0156. The average molecular weight is 218 g/mol. The molecule has 2 aliphatic heterocycles. The second kappa shape index (κ2) is 4.06. The molecule has 0 amide bonds. The number of hydrogen-bond acceptors (Lipinski definition) is 10. The molecular weight excluding hydrogens is 214 g/mol. The van der Waals surface area contributed by atoms with Crippen molar-refractivity contribution in [2.75, 3.05) is 0 Å². The van der Waals surface area contributed by atoms with Gasteiger partial charge in [0.2, 0.25) is 0 Å². The van der Waals surface area contributed by atoms with Crippen molar-refractivity contribution in [1.82, 2.24) is 0 Å². The van der Waals surface area contributed by atoms with E-state index in [4.69, 9.17) is 20.1 Å². The van der Waals surface area contributed by atoms with E-state index in [-0.39, 0.29) is 0 Å². The first-order valence-corrected chi connectivity index (χ1v) is 3.86. The van der Waals surface area contributed by atoms with Gasteiger partial charge in [0.25, 0.3) is 0 Å². The highest BCUT2D eigenvalue weighted by molar-refractivity contribution is 6.81. The molecule has 0 aliphatic carbocycles. The summed E-state index contributed by atoms with van der Waals surface area (Å²) in [6.45, 7) is -3.21. The molecule has 2 aliphatic rings. The van der Waals surface area contributed by atoms with Crippen LogP contribution < -0.4 is 0 Å². The highest BCUT2D eigenvalue weighted by Gasteiger charge is 2.53. The molecular formula is H4B5O10-. The third-order valence-electron chi connectivity index (χ3n) is 1.60. The summed E-state index contributed by atoms with van der Waals surface area (Å²) in [6, 6.07) is 0. The van der Waals surface area contributed by atoms with Gasteiger partial charge in [0.15, 0.2) is 0 Å². The van der Waals surface area contributed by atoms with Crippen LogP contribution in [0.3, 0.4) is 0 Å². The van der Waals surface area contributed by atoms with Crippen LogP contribution in [0, 0.1) is 0 Å². The second-order valence-corrected chi connectivity index (χ2v) is 2.62. The van der Waals surface area contributed by atoms with Gasteiger partial charge in [-0.2, -0.15) is 0 Å². The third kappa shape index (κ3) is 2.54. The van der Waals surface area contributed by atoms with Gasteiger partial charge in [-0.3, -0.25) is 0 Å². The zero-order valence-electron chi connectivity index (χ0n) is 7.13. The number of hydrogen-bond donors (Lipinski definition) is 4. The van der Waals surface area contributed by atoms with Crippen molar-refractivity contribution in [3.8, 4) is 0 Å². The lowest BCUT2D eigenvalue weighted by Gasteiger charge is -2.49. The van der Waals surface area contributed by atoms with Crippen LogP contribution in [-0.2, 0) is 27.4 Å². The van der Waals surface area contributed by atoms with E-state index >= 15 is 0 Å². The van der Waals surface area contributed by atoms with Crippen LogP contribution in [0.5, 0.6) is 0 Å². The summed E-state index contributed by atoms with van der Waals surface area (Å²) in [5.41, 5.74) is 0. The molecule has 0 bridgehead atoms. The van der Waals surface area contributed by atoms with E-state index in [2.05, 4.69) is 27.4 Å². The Morgan fingerprint density at radius 2 is 0.867 bits per heavy atom. The molecule has 2 rings (SSSR count). The van der Waals surface area contributed by atoms with Crippen molar-refractivity contribution < 1.29 is 47.5 Å². The van der Waals surface area contributed by atoms with Crippen LogP contribution in [0.1, 0.15) is 0 Å². The molecule has 0 atom stereocenters. The Kier molecular flexibility index (Phi) is 3.09. The van der Waals surface area contributed by atoms with Crippen LogP contribution in [0.15, 0.2) is 0 Å². The van der Waals surface area contributed by atoms with Crippen molar-refractivity contribution in [3.05, 3.63) is 0 Å². The van der Waals surface area contributed by atoms with Crippen LogP contribution in [0.2, 0.25) is 0 Å². The van der Waals surface area contributed by atoms with Crippen LogP contribution in [-0.4, -0.2) is 56.3 Å². The molecule has 1 spiro atoms. The Labute approximate surface area is 84.7 Å². The molecule has 0 aromatic rings. The molecule has 0 aromatic carbocycles. The average Bonchev–Trinajstić information content (AvgIpc) is 1.96. The maximum absolute atomic E-state index is 8.94. The predicted molar refractivity (Wildman–Crippen MR) is 44.2 cm³/mol. The van der Waals surface area contributed by atoms with E-state index in [9.17, 15) is 0 Å². The molecule has 80 valence electrons. The summed E-state index contributed by atoms with van der Waals surface area (Å²) in [7, 11) is -7.59. The van der Waals surface area contributed by atoms with E-state index in [0.29, 0.717) is 0 Å². The van der Waals surface area contributed by atoms with Gasteiger partial charge in [0.1, 0.15) is 0 Å². The standard InChI is InChI=1S/B5H4O10/c6-1-10-2(7)13-5(12-1)14-3(8)11-4(9)15-5/h6-9H/q-1. The van der Waals surface area contributed by atoms with Gasteiger partial charge in [-0.05, 0) is 0 Å². The van der Waals surface area contributed by atoms with Gasteiger partial charge in [-0.25, -0.2) is 0 Å². The summed E-state index contributed by atoms with van der Waals surface area (Å²) in [6.07, 6.45) is 0. The van der Waals surface area contributed by atoms with Crippen molar-refractivity contribution in [2.24, 2.45) is 0 Å². The first-order valence-electron chi connectivity index (χ1n) is 3.86. The summed E-state index contributed by atoms with van der Waals surface area (Å²) >= 11 is 0. The smallest absolute Gasteiger partial charge is 0.539 e. The van der Waals surface area contributed by atoms with Gasteiger partial charge in [-0.1, -0.05) is 0 Å². The van der Waals surface area contributed by atoms with E-state index in [1.807, 2.05) is 0 Å². The minimum Gasteiger partial charge on any atom is -0.539 e. The molecule has 0 unspecified atom stereocenters. The van der Waals surface area contributed by atoms with Crippen LogP contribution in [0.25, 0.3) is 0 Å². The quantitative estimate of drug-likeness (QED) is 0.294. The molecule has 15 heavy (non-hydrogen) atoms. The molecule has 0 aromatic heterocycles. The van der Waals surface area contributed by atoms with E-state index in [1.165, 1.54) is 0 Å². The van der Waals surface area contributed by atoms with Gasteiger partial charge in [0, 0.05) is 0 Å². The molecule has 15 heteroatoms. The molecule has 10 nitrogen and oxygen atoms in total. The lowest BCUT2D eigenvalue weighted by Crippen LogP contribution is -2.69. The predicted octanol–water partition coefficient (Wildman–Crippen LogP) is -4.54. The van der Waals surface area contributed by atoms with E-state index in [1.54, 1.807) is 0 Å². The molecule has 4 N–H and O–H groups in total. The second-order valence-electron chi connectivity index (χ2n) is 2.62. The van der Waals surface area contributed by atoms with Crippen molar-refractivity contribution in [2.45, 2.75) is 0 Å². The molecule has 0 radical (unpaired) electrons. The summed E-state index contributed by atoms with van der Waals surface area (Å²) in [5.74, 6) is 0. The Morgan fingerprint density at radius 3 is 1.13 bits per heavy atom. The zero-order valence-corrected chi connectivity index (χ0v) is 7.13. The zero-order chi connectivity index (χ0) is 11.1. The van der Waals surface area contributed by atoms with Gasteiger partial charge in [-0.15, -0.1) is 0 Å². The minimum absolute atomic E-state index is 1.90. The SMILES string of the molecule is OB1OB(O)O[B-]2(O1)OB(O)OB(O)O2. The summed E-state index contributed by atoms with van der Waals surface area (Å²) < 4.78 is 26.4. The van der Waals surface area contributed by atoms with Gasteiger partial charge in [0.05, 0.1) is 0 Å². The maximum Gasteiger partial charge on any atom is 0.582 e. The van der Waals surface area contributed by atoms with Crippen molar-refractivity contribution in [1.29, 1.82) is 0 Å². The molecule has 2 fully saturated rings. The lowest BCUT2D eigenvalue weighted by atomic mass is 9.84.